The largest absolute Gasteiger partial charge is 0.398 e. The summed E-state index contributed by atoms with van der Waals surface area (Å²) in [5.41, 5.74) is 7.26. The lowest BCUT2D eigenvalue weighted by Crippen LogP contribution is -2.13. The van der Waals surface area contributed by atoms with Crippen LogP contribution in [-0.4, -0.2) is 5.91 Å². The predicted molar refractivity (Wildman–Crippen MR) is 69.9 cm³/mol. The van der Waals surface area contributed by atoms with Crippen LogP contribution in [0.1, 0.15) is 15.9 Å². The van der Waals surface area contributed by atoms with Gasteiger partial charge in [-0.25, -0.2) is 8.78 Å². The molecule has 5 heteroatoms. The minimum absolute atomic E-state index is 0.0782. The minimum Gasteiger partial charge on any atom is -0.398 e. The van der Waals surface area contributed by atoms with E-state index < -0.39 is 17.5 Å². The Hall–Kier alpha value is -2.43. The highest BCUT2D eigenvalue weighted by Gasteiger charge is 2.10. The number of rotatable bonds is 2. The molecule has 2 aromatic rings. The topological polar surface area (TPSA) is 55.1 Å². The molecule has 0 atom stereocenters. The van der Waals surface area contributed by atoms with Gasteiger partial charge in [0.15, 0.2) is 0 Å². The second-order valence-corrected chi connectivity index (χ2v) is 4.15. The first kappa shape index (κ1) is 13.0. The standard InChI is InChI=1S/C14H12F2N2O/c1-8-2-3-9(6-12(8)17)14(19)18-13-5-4-10(15)7-11(13)16/h2-7H,17H2,1H3,(H,18,19). The van der Waals surface area contributed by atoms with E-state index in [1.807, 2.05) is 6.92 Å². The second kappa shape index (κ2) is 5.06. The average Bonchev–Trinajstić information content (AvgIpc) is 2.36. The number of hydrogen-bond acceptors (Lipinski definition) is 2. The summed E-state index contributed by atoms with van der Waals surface area (Å²) in [6.45, 7) is 1.82. The fourth-order valence-electron chi connectivity index (χ4n) is 1.57. The molecule has 0 spiro atoms. The molecular formula is C14H12F2N2O. The van der Waals surface area contributed by atoms with Crippen molar-refractivity contribution in [2.75, 3.05) is 11.1 Å². The van der Waals surface area contributed by atoms with E-state index in [1.165, 1.54) is 12.1 Å². The molecule has 0 bridgehead atoms. The monoisotopic (exact) mass is 262 g/mol. The van der Waals surface area contributed by atoms with Gasteiger partial charge in [-0.15, -0.1) is 0 Å². The third kappa shape index (κ3) is 2.88. The number of anilines is 2. The first-order valence-corrected chi connectivity index (χ1v) is 5.60. The lowest BCUT2D eigenvalue weighted by atomic mass is 10.1. The number of amides is 1. The van der Waals surface area contributed by atoms with Crippen LogP contribution in [0.2, 0.25) is 0 Å². The SMILES string of the molecule is Cc1ccc(C(=O)Nc2ccc(F)cc2F)cc1N. The lowest BCUT2D eigenvalue weighted by molar-refractivity contribution is 0.102. The quantitative estimate of drug-likeness (QED) is 0.817. The Balaban J connectivity index is 2.23. The van der Waals surface area contributed by atoms with E-state index in [-0.39, 0.29) is 5.69 Å². The Morgan fingerprint density at radius 2 is 1.89 bits per heavy atom. The molecule has 0 fully saturated rings. The summed E-state index contributed by atoms with van der Waals surface area (Å²) in [7, 11) is 0. The maximum atomic E-state index is 13.4. The van der Waals surface area contributed by atoms with Crippen molar-refractivity contribution in [1.82, 2.24) is 0 Å². The molecule has 0 heterocycles. The molecule has 0 aliphatic heterocycles. The van der Waals surface area contributed by atoms with E-state index >= 15 is 0 Å². The maximum Gasteiger partial charge on any atom is 0.255 e. The number of nitrogens with one attached hydrogen (secondary N) is 1. The number of hydrogen-bond donors (Lipinski definition) is 2. The molecule has 0 aliphatic rings. The van der Waals surface area contributed by atoms with Crippen LogP contribution >= 0.6 is 0 Å². The molecule has 98 valence electrons. The van der Waals surface area contributed by atoms with E-state index in [2.05, 4.69) is 5.32 Å². The zero-order chi connectivity index (χ0) is 14.0. The summed E-state index contributed by atoms with van der Waals surface area (Å²) in [6, 6.07) is 7.74. The Labute approximate surface area is 109 Å². The van der Waals surface area contributed by atoms with Crippen LogP contribution < -0.4 is 11.1 Å². The molecule has 0 aromatic heterocycles. The van der Waals surface area contributed by atoms with Crippen LogP contribution in [0.4, 0.5) is 20.2 Å². The second-order valence-electron chi connectivity index (χ2n) is 4.15. The summed E-state index contributed by atoms with van der Waals surface area (Å²) in [4.78, 5) is 11.9. The normalized spacial score (nSPS) is 10.3. The first-order valence-electron chi connectivity index (χ1n) is 5.60. The molecule has 2 rings (SSSR count). The van der Waals surface area contributed by atoms with Crippen molar-refractivity contribution >= 4 is 17.3 Å². The van der Waals surface area contributed by atoms with Crippen molar-refractivity contribution in [2.24, 2.45) is 0 Å². The van der Waals surface area contributed by atoms with Crippen molar-refractivity contribution in [2.45, 2.75) is 6.92 Å². The predicted octanol–water partition coefficient (Wildman–Crippen LogP) is 3.11. The number of nitrogens with two attached hydrogens (primary N) is 1. The van der Waals surface area contributed by atoms with Crippen LogP contribution in [0.5, 0.6) is 0 Å². The zero-order valence-corrected chi connectivity index (χ0v) is 10.2. The molecule has 0 unspecified atom stereocenters. The van der Waals surface area contributed by atoms with Crippen LogP contribution in [0, 0.1) is 18.6 Å². The van der Waals surface area contributed by atoms with Gasteiger partial charge in [0.1, 0.15) is 11.6 Å². The zero-order valence-electron chi connectivity index (χ0n) is 10.2. The van der Waals surface area contributed by atoms with E-state index in [1.54, 1.807) is 12.1 Å². The maximum absolute atomic E-state index is 13.4. The van der Waals surface area contributed by atoms with Crippen molar-refractivity contribution in [1.29, 1.82) is 0 Å². The van der Waals surface area contributed by atoms with E-state index in [4.69, 9.17) is 5.73 Å². The molecule has 3 nitrogen and oxygen atoms in total. The van der Waals surface area contributed by atoms with Crippen molar-refractivity contribution in [3.05, 3.63) is 59.2 Å². The van der Waals surface area contributed by atoms with Crippen molar-refractivity contribution in [3.63, 3.8) is 0 Å². The molecule has 0 saturated carbocycles. The van der Waals surface area contributed by atoms with Crippen molar-refractivity contribution < 1.29 is 13.6 Å². The van der Waals surface area contributed by atoms with Gasteiger partial charge in [-0.05, 0) is 36.8 Å². The number of nitrogen functional groups attached to an aromatic ring is 1. The summed E-state index contributed by atoms with van der Waals surface area (Å²) < 4.78 is 26.1. The third-order valence-corrected chi connectivity index (χ3v) is 2.72. The highest BCUT2D eigenvalue weighted by molar-refractivity contribution is 6.04. The summed E-state index contributed by atoms with van der Waals surface area (Å²) in [6.07, 6.45) is 0. The number of halogens is 2. The van der Waals surface area contributed by atoms with Gasteiger partial charge in [0.25, 0.3) is 5.91 Å². The number of benzene rings is 2. The van der Waals surface area contributed by atoms with Crippen LogP contribution in [0.15, 0.2) is 36.4 Å². The average molecular weight is 262 g/mol. The highest BCUT2D eigenvalue weighted by atomic mass is 19.1. The Kier molecular flexibility index (Phi) is 3.46. The summed E-state index contributed by atoms with van der Waals surface area (Å²) in [5.74, 6) is -2.03. The Morgan fingerprint density at radius 3 is 2.53 bits per heavy atom. The number of carbonyl (C=O) groups excluding carboxylic acids is 1. The molecule has 2 aromatic carbocycles. The smallest absolute Gasteiger partial charge is 0.255 e. The first-order chi connectivity index (χ1) is 8.97. The van der Waals surface area contributed by atoms with E-state index in [0.717, 1.165) is 11.6 Å². The van der Waals surface area contributed by atoms with Gasteiger partial charge in [0, 0.05) is 17.3 Å². The van der Waals surface area contributed by atoms with Gasteiger partial charge < -0.3 is 11.1 Å². The van der Waals surface area contributed by atoms with Gasteiger partial charge in [0.2, 0.25) is 0 Å². The minimum atomic E-state index is -0.826. The summed E-state index contributed by atoms with van der Waals surface area (Å²) in [5, 5.41) is 2.36. The van der Waals surface area contributed by atoms with Gasteiger partial charge in [0.05, 0.1) is 5.69 Å². The molecule has 3 N–H and O–H groups in total. The molecule has 0 radical (unpaired) electrons. The number of carbonyl (C=O) groups is 1. The van der Waals surface area contributed by atoms with Gasteiger partial charge in [-0.1, -0.05) is 6.07 Å². The molecule has 0 aliphatic carbocycles. The van der Waals surface area contributed by atoms with E-state index in [0.29, 0.717) is 17.3 Å². The van der Waals surface area contributed by atoms with E-state index in [9.17, 15) is 13.6 Å². The Bertz CT molecular complexity index is 641. The van der Waals surface area contributed by atoms with Crippen LogP contribution in [0.25, 0.3) is 0 Å². The molecular weight excluding hydrogens is 250 g/mol. The summed E-state index contributed by atoms with van der Waals surface area (Å²) >= 11 is 0. The molecule has 0 saturated heterocycles. The molecule has 19 heavy (non-hydrogen) atoms. The van der Waals surface area contributed by atoms with Crippen molar-refractivity contribution in [3.8, 4) is 0 Å². The molecule has 1 amide bonds. The van der Waals surface area contributed by atoms with Crippen LogP contribution in [-0.2, 0) is 0 Å². The van der Waals surface area contributed by atoms with Gasteiger partial charge >= 0.3 is 0 Å². The fraction of sp³-hybridized carbons (Fsp3) is 0.0714. The highest BCUT2D eigenvalue weighted by Crippen LogP contribution is 2.18. The number of aryl methyl sites for hydroxylation is 1. The third-order valence-electron chi connectivity index (χ3n) is 2.72. The fourth-order valence-corrected chi connectivity index (χ4v) is 1.57. The Morgan fingerprint density at radius 1 is 1.16 bits per heavy atom. The van der Waals surface area contributed by atoms with Gasteiger partial charge in [-0.2, -0.15) is 0 Å². The van der Waals surface area contributed by atoms with Gasteiger partial charge in [-0.3, -0.25) is 4.79 Å². The lowest BCUT2D eigenvalue weighted by Gasteiger charge is -2.08. The van der Waals surface area contributed by atoms with Crippen LogP contribution in [0.3, 0.4) is 0 Å².